The lowest BCUT2D eigenvalue weighted by molar-refractivity contribution is 0.0956. The molecule has 0 unspecified atom stereocenters. The van der Waals surface area contributed by atoms with Crippen molar-refractivity contribution in [2.24, 2.45) is 0 Å². The van der Waals surface area contributed by atoms with Gasteiger partial charge < -0.3 is 4.42 Å². The van der Waals surface area contributed by atoms with E-state index in [4.69, 9.17) is 4.42 Å². The monoisotopic (exact) mass is 396 g/mol. The molecule has 20 heavy (non-hydrogen) atoms. The van der Waals surface area contributed by atoms with Gasteiger partial charge in [-0.3, -0.25) is 9.36 Å². The Kier molecular flexibility index (Phi) is 3.31. The summed E-state index contributed by atoms with van der Waals surface area (Å²) in [6, 6.07) is 5.05. The van der Waals surface area contributed by atoms with E-state index in [-0.39, 0.29) is 5.56 Å². The number of imidazole rings is 1. The minimum Gasteiger partial charge on any atom is -0.421 e. The maximum atomic E-state index is 12.2. The van der Waals surface area contributed by atoms with Crippen molar-refractivity contribution in [3.8, 4) is 0 Å². The maximum absolute atomic E-state index is 12.2. The summed E-state index contributed by atoms with van der Waals surface area (Å²) in [7, 11) is 0. The molecule has 0 saturated heterocycles. The lowest BCUT2D eigenvalue weighted by Crippen LogP contribution is -2.19. The third-order valence-corrected chi connectivity index (χ3v) is 3.77. The normalized spacial score (nSPS) is 10.9. The Morgan fingerprint density at radius 3 is 2.75 bits per heavy atom. The highest BCUT2D eigenvalue weighted by molar-refractivity contribution is 9.11. The van der Waals surface area contributed by atoms with Crippen LogP contribution in [0.2, 0.25) is 0 Å². The summed E-state index contributed by atoms with van der Waals surface area (Å²) in [6.45, 7) is 0. The Bertz CT molecular complexity index is 869. The molecule has 100 valence electrons. The number of benzene rings is 1. The number of aromatic nitrogens is 2. The first kappa shape index (κ1) is 13.3. The van der Waals surface area contributed by atoms with E-state index >= 15 is 0 Å². The van der Waals surface area contributed by atoms with Crippen molar-refractivity contribution in [2.45, 2.75) is 0 Å². The fourth-order valence-electron chi connectivity index (χ4n) is 1.82. The Labute approximate surface area is 129 Å². The van der Waals surface area contributed by atoms with Gasteiger partial charge in [-0.25, -0.2) is 9.78 Å². The number of carbonyl (C=O) groups is 1. The first-order valence-electron chi connectivity index (χ1n) is 5.52. The van der Waals surface area contributed by atoms with E-state index in [9.17, 15) is 9.59 Å². The highest BCUT2D eigenvalue weighted by atomic mass is 79.9. The van der Waals surface area contributed by atoms with Gasteiger partial charge in [0.1, 0.15) is 11.9 Å². The second-order valence-electron chi connectivity index (χ2n) is 4.03. The van der Waals surface area contributed by atoms with Gasteiger partial charge in [-0.05, 0) is 34.1 Å². The van der Waals surface area contributed by atoms with Crippen LogP contribution in [0, 0.1) is 0 Å². The van der Waals surface area contributed by atoms with Crippen LogP contribution in [0.4, 0.5) is 0 Å². The lowest BCUT2D eigenvalue weighted by atomic mass is 10.2. The first-order chi connectivity index (χ1) is 9.56. The molecule has 0 fully saturated rings. The first-order valence-corrected chi connectivity index (χ1v) is 7.10. The molecule has 0 atom stereocenters. The van der Waals surface area contributed by atoms with Crippen molar-refractivity contribution in [3.63, 3.8) is 0 Å². The molecule has 7 heteroatoms. The number of halogens is 2. The zero-order valence-corrected chi connectivity index (χ0v) is 13.0. The van der Waals surface area contributed by atoms with Gasteiger partial charge in [0.15, 0.2) is 5.58 Å². The fraction of sp³-hybridized carbons (Fsp3) is 0. The predicted octanol–water partition coefficient (Wildman–Crippen LogP) is 3.20. The molecule has 0 aliphatic carbocycles. The molecule has 3 aromatic rings. The van der Waals surface area contributed by atoms with Gasteiger partial charge in [0.05, 0.1) is 4.47 Å². The SMILES string of the molecule is O=C(c1cc2cc(Br)cc(Br)c2oc1=O)n1ccnc1. The quantitative estimate of drug-likeness (QED) is 0.591. The van der Waals surface area contributed by atoms with Crippen LogP contribution in [0.5, 0.6) is 0 Å². The summed E-state index contributed by atoms with van der Waals surface area (Å²) in [5.41, 5.74) is -0.319. The second-order valence-corrected chi connectivity index (χ2v) is 5.80. The van der Waals surface area contributed by atoms with Crippen molar-refractivity contribution in [1.29, 1.82) is 0 Å². The molecular formula is C13H6Br2N2O3. The van der Waals surface area contributed by atoms with E-state index in [2.05, 4.69) is 36.8 Å². The molecule has 0 radical (unpaired) electrons. The van der Waals surface area contributed by atoms with E-state index in [1.54, 1.807) is 12.1 Å². The Hall–Kier alpha value is -1.73. The van der Waals surface area contributed by atoms with Crippen molar-refractivity contribution in [1.82, 2.24) is 9.55 Å². The topological polar surface area (TPSA) is 65.1 Å². The van der Waals surface area contributed by atoms with Crippen LogP contribution in [0.15, 0.2) is 55.1 Å². The highest BCUT2D eigenvalue weighted by Crippen LogP contribution is 2.28. The zero-order valence-electron chi connectivity index (χ0n) is 9.84. The van der Waals surface area contributed by atoms with Gasteiger partial charge in [-0.15, -0.1) is 0 Å². The lowest BCUT2D eigenvalue weighted by Gasteiger charge is -2.04. The number of rotatable bonds is 1. The van der Waals surface area contributed by atoms with E-state index in [0.717, 1.165) is 4.47 Å². The summed E-state index contributed by atoms with van der Waals surface area (Å²) in [5.74, 6) is -0.478. The van der Waals surface area contributed by atoms with Crippen LogP contribution in [-0.4, -0.2) is 15.5 Å². The van der Waals surface area contributed by atoms with Crippen molar-refractivity contribution >= 4 is 48.7 Å². The number of carbonyl (C=O) groups excluding carboxylic acids is 1. The van der Waals surface area contributed by atoms with Gasteiger partial charge in [0.25, 0.3) is 5.91 Å². The molecule has 3 rings (SSSR count). The van der Waals surface area contributed by atoms with Crippen LogP contribution in [0.3, 0.4) is 0 Å². The average molecular weight is 398 g/mol. The minimum atomic E-state index is -0.681. The Morgan fingerprint density at radius 1 is 1.25 bits per heavy atom. The maximum Gasteiger partial charge on any atom is 0.349 e. The molecule has 0 N–H and O–H groups in total. The standard InChI is InChI=1S/C13H6Br2N2O3/c14-8-3-7-4-9(12(18)17-2-1-16-6-17)13(19)20-11(7)10(15)5-8/h1-6H. The summed E-state index contributed by atoms with van der Waals surface area (Å²) in [6.07, 6.45) is 4.28. The number of hydrogen-bond acceptors (Lipinski definition) is 4. The third kappa shape index (κ3) is 2.23. The molecule has 2 heterocycles. The smallest absolute Gasteiger partial charge is 0.349 e. The molecule has 1 aromatic carbocycles. The third-order valence-electron chi connectivity index (χ3n) is 2.72. The van der Waals surface area contributed by atoms with Crippen LogP contribution in [-0.2, 0) is 0 Å². The van der Waals surface area contributed by atoms with Crippen LogP contribution >= 0.6 is 31.9 Å². The van der Waals surface area contributed by atoms with Gasteiger partial charge in [-0.2, -0.15) is 0 Å². The highest BCUT2D eigenvalue weighted by Gasteiger charge is 2.16. The zero-order chi connectivity index (χ0) is 14.3. The van der Waals surface area contributed by atoms with E-state index in [0.29, 0.717) is 15.4 Å². The minimum absolute atomic E-state index is 0.0412. The molecule has 0 amide bonds. The molecule has 2 aromatic heterocycles. The fourth-order valence-corrected chi connectivity index (χ4v) is 3.16. The Balaban J connectivity index is 2.25. The van der Waals surface area contributed by atoms with E-state index in [1.807, 2.05) is 0 Å². The van der Waals surface area contributed by atoms with Crippen molar-refractivity contribution in [2.75, 3.05) is 0 Å². The summed E-state index contributed by atoms with van der Waals surface area (Å²) in [5, 5.41) is 0.648. The number of fused-ring (bicyclic) bond motifs is 1. The van der Waals surface area contributed by atoms with E-state index in [1.165, 1.54) is 29.4 Å². The molecule has 0 saturated carbocycles. The Morgan fingerprint density at radius 2 is 2.05 bits per heavy atom. The summed E-state index contributed by atoms with van der Waals surface area (Å²) in [4.78, 5) is 27.9. The van der Waals surface area contributed by atoms with Crippen LogP contribution in [0.1, 0.15) is 10.4 Å². The molecule has 5 nitrogen and oxygen atoms in total. The second kappa shape index (κ2) is 4.99. The number of nitrogens with zero attached hydrogens (tertiary/aromatic N) is 2. The molecule has 0 spiro atoms. The predicted molar refractivity (Wildman–Crippen MR) is 79.8 cm³/mol. The summed E-state index contributed by atoms with van der Waals surface area (Å²) >= 11 is 6.67. The van der Waals surface area contributed by atoms with Crippen LogP contribution < -0.4 is 5.63 Å². The van der Waals surface area contributed by atoms with Crippen molar-refractivity contribution in [3.05, 3.63) is 61.8 Å². The largest absolute Gasteiger partial charge is 0.421 e. The van der Waals surface area contributed by atoms with Crippen LogP contribution in [0.25, 0.3) is 11.0 Å². The molecule has 0 aliphatic heterocycles. The summed E-state index contributed by atoms with van der Waals surface area (Å²) < 4.78 is 7.90. The van der Waals surface area contributed by atoms with E-state index < -0.39 is 11.5 Å². The molecule has 0 bridgehead atoms. The van der Waals surface area contributed by atoms with Gasteiger partial charge in [0, 0.05) is 22.3 Å². The van der Waals surface area contributed by atoms with Gasteiger partial charge in [0.2, 0.25) is 0 Å². The molecule has 0 aliphatic rings. The average Bonchev–Trinajstić information content (AvgIpc) is 2.92. The van der Waals surface area contributed by atoms with Gasteiger partial charge >= 0.3 is 5.63 Å². The molecular weight excluding hydrogens is 392 g/mol. The van der Waals surface area contributed by atoms with Gasteiger partial charge in [-0.1, -0.05) is 15.9 Å². The van der Waals surface area contributed by atoms with Crippen molar-refractivity contribution < 1.29 is 9.21 Å². The number of hydrogen-bond donors (Lipinski definition) is 0.